The summed E-state index contributed by atoms with van der Waals surface area (Å²) in [6.07, 6.45) is -2.31. The molecule has 7 heteroatoms. The molecule has 0 bridgehead atoms. The molecule has 0 aliphatic carbocycles. The van der Waals surface area contributed by atoms with Crippen molar-refractivity contribution < 1.29 is 25.2 Å². The average molecular weight is 284 g/mol. The minimum atomic E-state index is -1.27. The summed E-state index contributed by atoms with van der Waals surface area (Å²) >= 11 is 0. The van der Waals surface area contributed by atoms with Crippen molar-refractivity contribution in [1.29, 1.82) is 0 Å². The normalized spacial score (nSPS) is 38.3. The van der Waals surface area contributed by atoms with E-state index in [-0.39, 0.29) is 6.61 Å². The summed E-state index contributed by atoms with van der Waals surface area (Å²) in [6.45, 7) is 1.72. The Hall–Kier alpha value is 0.500. The maximum Gasteiger partial charge on any atom is 0.142 e. The van der Waals surface area contributed by atoms with Gasteiger partial charge in [-0.3, -0.25) is 0 Å². The summed E-state index contributed by atoms with van der Waals surface area (Å²) in [6, 6.07) is 0. The molecule has 1 heterocycles. The van der Waals surface area contributed by atoms with Crippen LogP contribution in [0, 0.1) is 0 Å². The molecule has 5 nitrogen and oxygen atoms in total. The van der Waals surface area contributed by atoms with Crippen molar-refractivity contribution in [2.75, 3.05) is 12.4 Å². The maximum absolute atomic E-state index is 9.73. The number of aliphatic hydroxyl groups is 4. The first-order valence-corrected chi connectivity index (χ1v) is 8.08. The number of rotatable bonds is 6. The van der Waals surface area contributed by atoms with Crippen LogP contribution >= 0.6 is 21.6 Å². The summed E-state index contributed by atoms with van der Waals surface area (Å²) in [7, 11) is 2.89. The van der Waals surface area contributed by atoms with E-state index in [9.17, 15) is 15.3 Å². The van der Waals surface area contributed by atoms with Crippen LogP contribution in [0.2, 0.25) is 0 Å². The van der Waals surface area contributed by atoms with E-state index in [0.29, 0.717) is 0 Å². The third-order valence-electron chi connectivity index (χ3n) is 2.59. The molecule has 17 heavy (non-hydrogen) atoms. The molecule has 1 aliphatic rings. The van der Waals surface area contributed by atoms with Gasteiger partial charge in [0.25, 0.3) is 0 Å². The Morgan fingerprint density at radius 3 is 2.41 bits per heavy atom. The van der Waals surface area contributed by atoms with Gasteiger partial charge in [-0.1, -0.05) is 34.9 Å². The SMILES string of the molecule is CCCCSSC1O[C@H](CO)[C@@H](O)[C@H](O)[C@H]1O. The first kappa shape index (κ1) is 15.6. The second-order valence-electron chi connectivity index (χ2n) is 3.97. The standard InChI is InChI=1S/C10H20O5S2/c1-2-3-4-16-17-10-9(14)8(13)7(12)6(5-11)15-10/h6-14H,2-5H2,1H3/t6-,7-,8+,9-,10?/m1/s1. The molecular weight excluding hydrogens is 264 g/mol. The Morgan fingerprint density at radius 1 is 1.12 bits per heavy atom. The van der Waals surface area contributed by atoms with Gasteiger partial charge in [-0.15, -0.1) is 0 Å². The fraction of sp³-hybridized carbons (Fsp3) is 1.00. The van der Waals surface area contributed by atoms with Crippen molar-refractivity contribution in [2.45, 2.75) is 49.6 Å². The molecule has 4 N–H and O–H groups in total. The highest BCUT2D eigenvalue weighted by molar-refractivity contribution is 8.76. The van der Waals surface area contributed by atoms with Crippen LogP contribution < -0.4 is 0 Å². The third kappa shape index (κ3) is 4.27. The van der Waals surface area contributed by atoms with Gasteiger partial charge >= 0.3 is 0 Å². The molecule has 0 saturated carbocycles. The van der Waals surface area contributed by atoms with Crippen molar-refractivity contribution >= 4 is 21.6 Å². The van der Waals surface area contributed by atoms with E-state index in [1.54, 1.807) is 10.8 Å². The first-order chi connectivity index (χ1) is 8.11. The van der Waals surface area contributed by atoms with Gasteiger partial charge in [0.15, 0.2) is 0 Å². The highest BCUT2D eigenvalue weighted by atomic mass is 33.1. The number of hydrogen-bond acceptors (Lipinski definition) is 7. The lowest BCUT2D eigenvalue weighted by atomic mass is 10.0. The van der Waals surface area contributed by atoms with Crippen LogP contribution in [0.25, 0.3) is 0 Å². The van der Waals surface area contributed by atoms with Gasteiger partial charge in [0, 0.05) is 5.75 Å². The zero-order valence-electron chi connectivity index (χ0n) is 9.73. The van der Waals surface area contributed by atoms with Crippen LogP contribution in [0.4, 0.5) is 0 Å². The molecule has 0 spiro atoms. The van der Waals surface area contributed by atoms with E-state index in [1.165, 1.54) is 10.8 Å². The Balaban J connectivity index is 2.42. The van der Waals surface area contributed by atoms with Crippen LogP contribution in [0.1, 0.15) is 19.8 Å². The van der Waals surface area contributed by atoms with E-state index in [0.717, 1.165) is 18.6 Å². The molecule has 0 radical (unpaired) electrons. The second kappa shape index (κ2) is 7.83. The lowest BCUT2D eigenvalue weighted by Crippen LogP contribution is -2.57. The molecule has 102 valence electrons. The van der Waals surface area contributed by atoms with E-state index in [4.69, 9.17) is 9.84 Å². The Labute approximate surface area is 109 Å². The Kier molecular flexibility index (Phi) is 7.17. The second-order valence-corrected chi connectivity index (χ2v) is 6.55. The van der Waals surface area contributed by atoms with Crippen molar-refractivity contribution in [3.05, 3.63) is 0 Å². The predicted octanol–water partition coefficient (Wildman–Crippen LogP) is -0.0322. The summed E-state index contributed by atoms with van der Waals surface area (Å²) in [4.78, 5) is 0. The zero-order valence-corrected chi connectivity index (χ0v) is 11.4. The molecule has 0 aromatic heterocycles. The van der Waals surface area contributed by atoms with E-state index in [2.05, 4.69) is 6.92 Å². The van der Waals surface area contributed by atoms with E-state index in [1.807, 2.05) is 0 Å². The van der Waals surface area contributed by atoms with Crippen molar-refractivity contribution in [1.82, 2.24) is 0 Å². The van der Waals surface area contributed by atoms with Gasteiger partial charge in [-0.2, -0.15) is 0 Å². The smallest absolute Gasteiger partial charge is 0.142 e. The summed E-state index contributed by atoms with van der Waals surface area (Å²) in [5, 5.41) is 37.9. The van der Waals surface area contributed by atoms with Crippen LogP contribution in [0.15, 0.2) is 0 Å². The highest BCUT2D eigenvalue weighted by Gasteiger charge is 2.43. The average Bonchev–Trinajstić information content (AvgIpc) is 2.34. The fourth-order valence-electron chi connectivity index (χ4n) is 1.47. The monoisotopic (exact) mass is 284 g/mol. The molecule has 1 fully saturated rings. The topological polar surface area (TPSA) is 90.2 Å². The molecule has 1 rings (SSSR count). The maximum atomic E-state index is 9.73. The zero-order chi connectivity index (χ0) is 12.8. The van der Waals surface area contributed by atoms with Crippen molar-refractivity contribution in [3.8, 4) is 0 Å². The van der Waals surface area contributed by atoms with Crippen LogP contribution in [-0.2, 0) is 4.74 Å². The molecule has 1 aliphatic heterocycles. The number of aliphatic hydroxyl groups excluding tert-OH is 4. The van der Waals surface area contributed by atoms with Crippen molar-refractivity contribution in [2.24, 2.45) is 0 Å². The fourth-order valence-corrected chi connectivity index (χ4v) is 4.09. The molecule has 0 aromatic rings. The molecule has 5 atom stereocenters. The lowest BCUT2D eigenvalue weighted by Gasteiger charge is -2.39. The molecule has 0 aromatic carbocycles. The summed E-state index contributed by atoms with van der Waals surface area (Å²) < 4.78 is 5.34. The van der Waals surface area contributed by atoms with Crippen LogP contribution in [-0.4, -0.2) is 62.6 Å². The Morgan fingerprint density at radius 2 is 1.82 bits per heavy atom. The predicted molar refractivity (Wildman–Crippen MR) is 68.7 cm³/mol. The Bertz CT molecular complexity index is 217. The number of ether oxygens (including phenoxy) is 1. The molecule has 0 amide bonds. The molecular formula is C10H20O5S2. The first-order valence-electron chi connectivity index (χ1n) is 5.70. The van der Waals surface area contributed by atoms with Gasteiger partial charge < -0.3 is 25.2 Å². The van der Waals surface area contributed by atoms with Crippen LogP contribution in [0.3, 0.4) is 0 Å². The molecule has 1 unspecified atom stereocenters. The van der Waals surface area contributed by atoms with Crippen molar-refractivity contribution in [3.63, 3.8) is 0 Å². The highest BCUT2D eigenvalue weighted by Crippen LogP contribution is 2.35. The third-order valence-corrected chi connectivity index (χ3v) is 5.24. The summed E-state index contributed by atoms with van der Waals surface area (Å²) in [5.41, 5.74) is -0.618. The lowest BCUT2D eigenvalue weighted by molar-refractivity contribution is -0.205. The molecule has 1 saturated heterocycles. The van der Waals surface area contributed by atoms with Gasteiger partial charge in [-0.25, -0.2) is 0 Å². The largest absolute Gasteiger partial charge is 0.394 e. The van der Waals surface area contributed by atoms with E-state index >= 15 is 0 Å². The minimum absolute atomic E-state index is 0.373. The van der Waals surface area contributed by atoms with Crippen LogP contribution in [0.5, 0.6) is 0 Å². The van der Waals surface area contributed by atoms with Gasteiger partial charge in [0.1, 0.15) is 29.9 Å². The van der Waals surface area contributed by atoms with Gasteiger partial charge in [0.2, 0.25) is 0 Å². The number of unbranched alkanes of at least 4 members (excludes halogenated alkanes) is 1. The quantitative estimate of drug-likeness (QED) is 0.402. The minimum Gasteiger partial charge on any atom is -0.394 e. The van der Waals surface area contributed by atoms with Gasteiger partial charge in [0.05, 0.1) is 6.61 Å². The summed E-state index contributed by atoms with van der Waals surface area (Å²) in [5.74, 6) is 0.941. The van der Waals surface area contributed by atoms with E-state index < -0.39 is 29.9 Å². The number of hydrogen-bond donors (Lipinski definition) is 4. The van der Waals surface area contributed by atoms with Gasteiger partial charge in [-0.05, 0) is 6.42 Å².